The largest absolute Gasteiger partial charge is 0.310 e. The lowest BCUT2D eigenvalue weighted by molar-refractivity contribution is -0.198. The zero-order valence-corrected chi connectivity index (χ0v) is 32.0. The fraction of sp³-hybridized carbons (Fsp3) is 0.396. The number of benzene rings is 4. The van der Waals surface area contributed by atoms with E-state index in [4.69, 9.17) is 0 Å². The normalized spacial score (nSPS) is 31.5. The standard InChI is InChI=1S/C53H53N/c1-34-18-27-48-49(28-34)46-15-8-6-13-44(46)43-12-5-7-14-45(43)47-16-9-17-50(51(47)48)54(41-23-19-37(20-24-41)36-10-3-2-4-11-36)42-25-21-38(22-26-42)52-31-35-29-39-30-40(33-52)53(39,52)32-35/h5-8,12-15,17,19-28,34-36,39-40H,2-4,9-11,16,18,29-33H2,1H3. The number of fused-ring (bicyclic) bond motifs is 8. The first kappa shape index (κ1) is 31.9. The van der Waals surface area contributed by atoms with Gasteiger partial charge in [-0.2, -0.15) is 0 Å². The Labute approximate surface area is 322 Å². The molecule has 0 aliphatic heterocycles. The molecule has 54 heavy (non-hydrogen) atoms. The van der Waals surface area contributed by atoms with Crippen LogP contribution in [0.4, 0.5) is 11.4 Å². The van der Waals surface area contributed by atoms with Crippen LogP contribution in [0.2, 0.25) is 0 Å². The van der Waals surface area contributed by atoms with Gasteiger partial charge in [0.2, 0.25) is 0 Å². The van der Waals surface area contributed by atoms with E-state index in [2.05, 4.69) is 127 Å². The smallest absolute Gasteiger partial charge is 0.0503 e. The van der Waals surface area contributed by atoms with Gasteiger partial charge in [0, 0.05) is 22.4 Å². The van der Waals surface area contributed by atoms with E-state index in [0.717, 1.165) is 37.0 Å². The summed E-state index contributed by atoms with van der Waals surface area (Å²) in [5.74, 6) is 4.20. The lowest BCUT2D eigenvalue weighted by Crippen LogP contribution is -2.68. The summed E-state index contributed by atoms with van der Waals surface area (Å²) in [5.41, 5.74) is 19.5. The zero-order valence-electron chi connectivity index (χ0n) is 32.0. The summed E-state index contributed by atoms with van der Waals surface area (Å²) < 4.78 is 0. The second kappa shape index (κ2) is 11.8. The van der Waals surface area contributed by atoms with Crippen LogP contribution in [0.1, 0.15) is 119 Å². The Morgan fingerprint density at radius 1 is 0.630 bits per heavy atom. The molecule has 0 N–H and O–H groups in total. The minimum absolute atomic E-state index is 0.453. The van der Waals surface area contributed by atoms with Crippen molar-refractivity contribution in [2.75, 3.05) is 4.90 Å². The van der Waals surface area contributed by atoms with Gasteiger partial charge in [-0.3, -0.25) is 0 Å². The third-order valence-electron chi connectivity index (χ3n) is 16.3. The SMILES string of the molecule is CC1C=C2C(=CC1)C1=C(CCC=C1N(c1ccc(C3CCCCC3)cc1)c1ccc(C34CC5CC6CC(C3)C64C5)cc1)c1ccccc1-c1ccccc12. The number of allylic oxidation sites excluding steroid dienone is 6. The summed E-state index contributed by atoms with van der Waals surface area (Å²) in [7, 11) is 0. The molecule has 2 bridgehead atoms. The van der Waals surface area contributed by atoms with Crippen molar-refractivity contribution >= 4 is 22.5 Å². The van der Waals surface area contributed by atoms with Crippen LogP contribution in [0, 0.1) is 29.1 Å². The van der Waals surface area contributed by atoms with E-state index in [1.807, 2.05) is 0 Å². The van der Waals surface area contributed by atoms with Gasteiger partial charge in [0.1, 0.15) is 0 Å². The monoisotopic (exact) mass is 703 g/mol. The molecule has 1 nitrogen and oxygen atoms in total. The van der Waals surface area contributed by atoms with Crippen molar-refractivity contribution < 1.29 is 0 Å². The molecule has 8 aliphatic rings. The van der Waals surface area contributed by atoms with Crippen LogP contribution in [0.25, 0.3) is 22.3 Å². The summed E-state index contributed by atoms with van der Waals surface area (Å²) in [5, 5.41) is 0. The molecular weight excluding hydrogens is 651 g/mol. The van der Waals surface area contributed by atoms with E-state index >= 15 is 0 Å². The highest BCUT2D eigenvalue weighted by molar-refractivity contribution is 6.02. The number of hydrogen-bond acceptors (Lipinski definition) is 1. The summed E-state index contributed by atoms with van der Waals surface area (Å²) in [6.45, 7) is 2.38. The highest BCUT2D eigenvalue weighted by atomic mass is 15.2. The lowest BCUT2D eigenvalue weighted by Gasteiger charge is -2.73. The quantitative estimate of drug-likeness (QED) is 0.200. The molecule has 0 aromatic heterocycles. The summed E-state index contributed by atoms with van der Waals surface area (Å²) in [6, 6.07) is 38.5. The minimum Gasteiger partial charge on any atom is -0.310 e. The summed E-state index contributed by atoms with van der Waals surface area (Å²) in [6.07, 6.45) is 25.1. The first-order valence-corrected chi connectivity index (χ1v) is 21.7. The Hall–Kier alpha value is -4.36. The predicted octanol–water partition coefficient (Wildman–Crippen LogP) is 14.1. The minimum atomic E-state index is 0.453. The van der Waals surface area contributed by atoms with Gasteiger partial charge in [0.25, 0.3) is 0 Å². The number of anilines is 2. The Morgan fingerprint density at radius 3 is 2.07 bits per heavy atom. The Bertz CT molecular complexity index is 2310. The van der Waals surface area contributed by atoms with Gasteiger partial charge in [0.15, 0.2) is 0 Å². The maximum absolute atomic E-state index is 2.65. The molecule has 5 saturated carbocycles. The first-order chi connectivity index (χ1) is 26.6. The maximum Gasteiger partial charge on any atom is 0.0503 e. The molecule has 5 fully saturated rings. The van der Waals surface area contributed by atoms with E-state index in [-0.39, 0.29) is 0 Å². The molecule has 0 amide bonds. The fourth-order valence-corrected chi connectivity index (χ4v) is 14.1. The van der Waals surface area contributed by atoms with Crippen LogP contribution in [-0.4, -0.2) is 0 Å². The molecule has 0 heterocycles. The van der Waals surface area contributed by atoms with Crippen LogP contribution in [-0.2, 0) is 5.41 Å². The maximum atomic E-state index is 2.65. The van der Waals surface area contributed by atoms with Crippen molar-refractivity contribution in [2.45, 2.75) is 102 Å². The Morgan fingerprint density at radius 2 is 1.33 bits per heavy atom. The van der Waals surface area contributed by atoms with Crippen LogP contribution >= 0.6 is 0 Å². The first-order valence-electron chi connectivity index (χ1n) is 21.7. The van der Waals surface area contributed by atoms with Gasteiger partial charge in [0.05, 0.1) is 5.70 Å². The van der Waals surface area contributed by atoms with Gasteiger partial charge >= 0.3 is 0 Å². The van der Waals surface area contributed by atoms with Crippen molar-refractivity contribution in [3.63, 3.8) is 0 Å². The van der Waals surface area contributed by atoms with E-state index in [1.165, 1.54) is 131 Å². The second-order valence-corrected chi connectivity index (χ2v) is 18.8. The molecule has 0 saturated heterocycles. The van der Waals surface area contributed by atoms with Crippen molar-refractivity contribution in [2.24, 2.45) is 29.1 Å². The zero-order chi connectivity index (χ0) is 35.6. The molecule has 270 valence electrons. The van der Waals surface area contributed by atoms with Crippen molar-refractivity contribution in [1.82, 2.24) is 0 Å². The molecule has 8 aliphatic carbocycles. The Balaban J connectivity index is 1.02. The highest BCUT2D eigenvalue weighted by Gasteiger charge is 2.80. The Kier molecular flexibility index (Phi) is 6.99. The second-order valence-electron chi connectivity index (χ2n) is 18.8. The molecule has 1 spiro atoms. The number of nitrogens with zero attached hydrogens (tertiary/aromatic N) is 1. The van der Waals surface area contributed by atoms with E-state index in [1.54, 1.807) is 5.56 Å². The third kappa shape index (κ3) is 4.33. The highest BCUT2D eigenvalue weighted by Crippen LogP contribution is 2.86. The van der Waals surface area contributed by atoms with Crippen molar-refractivity contribution in [3.8, 4) is 11.1 Å². The van der Waals surface area contributed by atoms with Crippen molar-refractivity contribution in [1.29, 1.82) is 0 Å². The molecular formula is C53H53N. The van der Waals surface area contributed by atoms with Gasteiger partial charge in [-0.1, -0.05) is 117 Å². The van der Waals surface area contributed by atoms with Crippen LogP contribution in [0.3, 0.4) is 0 Å². The van der Waals surface area contributed by atoms with Gasteiger partial charge in [-0.15, -0.1) is 0 Å². The molecule has 6 atom stereocenters. The summed E-state index contributed by atoms with van der Waals surface area (Å²) in [4.78, 5) is 2.65. The topological polar surface area (TPSA) is 3.24 Å². The molecule has 0 radical (unpaired) electrons. The predicted molar refractivity (Wildman–Crippen MR) is 224 cm³/mol. The van der Waals surface area contributed by atoms with Crippen molar-refractivity contribution in [3.05, 3.63) is 154 Å². The fourth-order valence-electron chi connectivity index (χ4n) is 14.1. The number of hydrogen-bond donors (Lipinski definition) is 0. The van der Waals surface area contributed by atoms with Gasteiger partial charge in [-0.05, 0) is 174 Å². The van der Waals surface area contributed by atoms with Crippen LogP contribution in [0.15, 0.2) is 132 Å². The summed E-state index contributed by atoms with van der Waals surface area (Å²) >= 11 is 0. The molecule has 12 rings (SSSR count). The number of rotatable bonds is 5. The van der Waals surface area contributed by atoms with Crippen LogP contribution < -0.4 is 4.90 Å². The lowest BCUT2D eigenvalue weighted by atomic mass is 9.31. The van der Waals surface area contributed by atoms with E-state index in [9.17, 15) is 0 Å². The average molecular weight is 704 g/mol. The van der Waals surface area contributed by atoms with Gasteiger partial charge in [-0.25, -0.2) is 0 Å². The van der Waals surface area contributed by atoms with E-state index in [0.29, 0.717) is 22.7 Å². The molecule has 1 heteroatoms. The average Bonchev–Trinajstić information content (AvgIpc) is 3.72. The van der Waals surface area contributed by atoms with E-state index < -0.39 is 0 Å². The molecule has 4 aromatic rings. The third-order valence-corrected chi connectivity index (χ3v) is 16.3. The van der Waals surface area contributed by atoms with Crippen LogP contribution in [0.5, 0.6) is 0 Å². The molecule has 4 aromatic carbocycles. The molecule has 6 unspecified atom stereocenters. The van der Waals surface area contributed by atoms with Gasteiger partial charge < -0.3 is 4.90 Å².